The van der Waals surface area contributed by atoms with Crippen molar-refractivity contribution >= 4 is 5.69 Å². The van der Waals surface area contributed by atoms with Crippen molar-refractivity contribution in [2.75, 3.05) is 24.9 Å². The number of nitrogens with zero attached hydrogens (tertiary/aromatic N) is 2. The summed E-state index contributed by atoms with van der Waals surface area (Å²) in [6, 6.07) is 16.5. The van der Waals surface area contributed by atoms with Crippen LogP contribution in [0.4, 0.5) is 5.69 Å². The zero-order valence-corrected chi connectivity index (χ0v) is 20.4. The Labute approximate surface area is 207 Å². The fourth-order valence-corrected chi connectivity index (χ4v) is 5.28. The second kappa shape index (κ2) is 8.97. The first kappa shape index (κ1) is 22.1. The monoisotopic (exact) mass is 468 g/mol. The molecule has 5 nitrogen and oxygen atoms in total. The molecule has 2 aliphatic carbocycles. The first-order chi connectivity index (χ1) is 17.1. The van der Waals surface area contributed by atoms with Crippen LogP contribution < -0.4 is 14.4 Å². The van der Waals surface area contributed by atoms with E-state index in [2.05, 4.69) is 84.4 Å². The van der Waals surface area contributed by atoms with E-state index in [4.69, 9.17) is 14.2 Å². The van der Waals surface area contributed by atoms with Crippen LogP contribution in [0.3, 0.4) is 0 Å². The second-order valence-electron chi connectivity index (χ2n) is 10.0. The molecule has 0 saturated carbocycles. The van der Waals surface area contributed by atoms with Crippen LogP contribution in [0.1, 0.15) is 25.8 Å². The van der Waals surface area contributed by atoms with Crippen LogP contribution in [-0.4, -0.2) is 30.5 Å². The molecular weight excluding hydrogens is 436 g/mol. The lowest BCUT2D eigenvalue weighted by Crippen LogP contribution is -2.51. The van der Waals surface area contributed by atoms with Crippen molar-refractivity contribution in [3.8, 4) is 11.5 Å². The molecule has 6 rings (SSSR count). The number of allylic oxidation sites excluding steroid dienone is 5. The zero-order chi connectivity index (χ0) is 23.8. The topological polar surface area (TPSA) is 34.2 Å². The van der Waals surface area contributed by atoms with Crippen molar-refractivity contribution in [2.24, 2.45) is 11.8 Å². The standard InChI is InChI=1S/C30H32N2O3/c1-22-10-13-27(17-28(22)32-19-24-8-5-6-16-30(24,2)34-21-32)35-26-14-11-25(12-15-26)31-18-23-7-3-4-9-29(23)33-20-31/h3-9,11-17,22,24H,10,18-21H2,1-2H3. The molecule has 0 bridgehead atoms. The summed E-state index contributed by atoms with van der Waals surface area (Å²) in [5, 5.41) is 0. The van der Waals surface area contributed by atoms with Crippen LogP contribution in [0.2, 0.25) is 0 Å². The van der Waals surface area contributed by atoms with Gasteiger partial charge in [-0.3, -0.25) is 0 Å². The molecule has 0 amide bonds. The molecule has 180 valence electrons. The predicted octanol–water partition coefficient (Wildman–Crippen LogP) is 6.02. The van der Waals surface area contributed by atoms with Crippen molar-refractivity contribution in [3.05, 3.63) is 102 Å². The average molecular weight is 469 g/mol. The largest absolute Gasteiger partial charge is 0.473 e. The molecule has 2 aromatic rings. The number of ether oxygens (including phenoxy) is 3. The van der Waals surface area contributed by atoms with Gasteiger partial charge in [0, 0.05) is 36.0 Å². The smallest absolute Gasteiger partial charge is 0.161 e. The van der Waals surface area contributed by atoms with Gasteiger partial charge in [0.15, 0.2) is 6.73 Å². The minimum absolute atomic E-state index is 0.206. The summed E-state index contributed by atoms with van der Waals surface area (Å²) < 4.78 is 18.5. The summed E-state index contributed by atoms with van der Waals surface area (Å²) in [6.45, 7) is 7.41. The molecule has 0 aromatic heterocycles. The van der Waals surface area contributed by atoms with Gasteiger partial charge in [-0.2, -0.15) is 0 Å². The molecule has 2 heterocycles. The van der Waals surface area contributed by atoms with Crippen LogP contribution in [-0.2, 0) is 11.3 Å². The van der Waals surface area contributed by atoms with Gasteiger partial charge in [0.05, 0.1) is 5.60 Å². The summed E-state index contributed by atoms with van der Waals surface area (Å²) in [6.07, 6.45) is 14.0. The first-order valence-electron chi connectivity index (χ1n) is 12.5. The Morgan fingerprint density at radius 2 is 1.86 bits per heavy atom. The highest BCUT2D eigenvalue weighted by molar-refractivity contribution is 5.52. The van der Waals surface area contributed by atoms with Crippen LogP contribution in [0.25, 0.3) is 0 Å². The Morgan fingerprint density at radius 3 is 2.74 bits per heavy atom. The average Bonchev–Trinajstić information content (AvgIpc) is 2.89. The minimum atomic E-state index is -0.206. The Balaban J connectivity index is 1.13. The Hall–Kier alpha value is -3.44. The van der Waals surface area contributed by atoms with Gasteiger partial charge < -0.3 is 24.0 Å². The molecule has 1 fully saturated rings. The third kappa shape index (κ3) is 4.37. The molecule has 5 heteroatoms. The van der Waals surface area contributed by atoms with Gasteiger partial charge in [-0.1, -0.05) is 49.4 Å². The van der Waals surface area contributed by atoms with Gasteiger partial charge in [-0.05, 0) is 61.7 Å². The molecule has 35 heavy (non-hydrogen) atoms. The number of hydrogen-bond donors (Lipinski definition) is 0. The van der Waals surface area contributed by atoms with Gasteiger partial charge in [0.25, 0.3) is 0 Å². The third-order valence-electron chi connectivity index (χ3n) is 7.55. The lowest BCUT2D eigenvalue weighted by molar-refractivity contribution is -0.118. The molecule has 2 aliphatic heterocycles. The number of fused-ring (bicyclic) bond motifs is 2. The normalized spacial score (nSPS) is 27.4. The van der Waals surface area contributed by atoms with Gasteiger partial charge in [0.1, 0.15) is 24.0 Å². The van der Waals surface area contributed by atoms with Gasteiger partial charge in [0.2, 0.25) is 0 Å². The molecular formula is C30H32N2O3. The summed E-state index contributed by atoms with van der Waals surface area (Å²) in [5.74, 6) is 3.50. The molecule has 3 atom stereocenters. The summed E-state index contributed by atoms with van der Waals surface area (Å²) in [5.41, 5.74) is 3.41. The van der Waals surface area contributed by atoms with Crippen LogP contribution >= 0.6 is 0 Å². The number of anilines is 1. The molecule has 0 N–H and O–H groups in total. The summed E-state index contributed by atoms with van der Waals surface area (Å²) >= 11 is 0. The Bertz CT molecular complexity index is 1210. The number of rotatable bonds is 4. The quantitative estimate of drug-likeness (QED) is 0.548. The maximum atomic E-state index is 6.30. The van der Waals surface area contributed by atoms with Gasteiger partial charge >= 0.3 is 0 Å². The van der Waals surface area contributed by atoms with E-state index in [1.807, 2.05) is 24.3 Å². The molecule has 1 saturated heterocycles. The zero-order valence-electron chi connectivity index (χ0n) is 20.4. The van der Waals surface area contributed by atoms with E-state index in [1.165, 1.54) is 11.3 Å². The fraction of sp³-hybridized carbons (Fsp3) is 0.333. The lowest BCUT2D eigenvalue weighted by Gasteiger charge is -2.46. The minimum Gasteiger partial charge on any atom is -0.473 e. The van der Waals surface area contributed by atoms with Crippen LogP contribution in [0.15, 0.2) is 96.4 Å². The first-order valence-corrected chi connectivity index (χ1v) is 12.5. The summed E-state index contributed by atoms with van der Waals surface area (Å²) in [7, 11) is 0. The van der Waals surface area contributed by atoms with E-state index in [1.54, 1.807) is 0 Å². The van der Waals surface area contributed by atoms with E-state index < -0.39 is 0 Å². The molecule has 2 aromatic carbocycles. The Kier molecular flexibility index (Phi) is 5.65. The van der Waals surface area contributed by atoms with Gasteiger partial charge in [-0.15, -0.1) is 0 Å². The highest BCUT2D eigenvalue weighted by Crippen LogP contribution is 2.37. The van der Waals surface area contributed by atoms with Crippen molar-refractivity contribution in [2.45, 2.75) is 32.4 Å². The van der Waals surface area contributed by atoms with E-state index in [9.17, 15) is 0 Å². The van der Waals surface area contributed by atoms with E-state index in [0.717, 1.165) is 42.5 Å². The van der Waals surface area contributed by atoms with Crippen molar-refractivity contribution in [3.63, 3.8) is 0 Å². The predicted molar refractivity (Wildman–Crippen MR) is 138 cm³/mol. The number of benzene rings is 2. The third-order valence-corrected chi connectivity index (χ3v) is 7.55. The van der Waals surface area contributed by atoms with Crippen molar-refractivity contribution in [1.29, 1.82) is 0 Å². The lowest BCUT2D eigenvalue weighted by atomic mass is 9.83. The SMILES string of the molecule is CC1CC=C(Oc2ccc(N3COc4ccccc4C3)cc2)C=C1N1COC2(C)C=CC=CC2C1. The molecule has 3 unspecified atom stereocenters. The van der Waals surface area contributed by atoms with Crippen molar-refractivity contribution < 1.29 is 14.2 Å². The van der Waals surface area contributed by atoms with Gasteiger partial charge in [-0.25, -0.2) is 0 Å². The highest BCUT2D eigenvalue weighted by atomic mass is 16.5. The molecule has 4 aliphatic rings. The second-order valence-corrected chi connectivity index (χ2v) is 10.0. The maximum absolute atomic E-state index is 6.30. The summed E-state index contributed by atoms with van der Waals surface area (Å²) in [4.78, 5) is 4.60. The molecule has 0 spiro atoms. The van der Waals surface area contributed by atoms with E-state index >= 15 is 0 Å². The van der Waals surface area contributed by atoms with E-state index in [-0.39, 0.29) is 5.60 Å². The maximum Gasteiger partial charge on any atom is 0.161 e. The van der Waals surface area contributed by atoms with Crippen LogP contribution in [0.5, 0.6) is 11.5 Å². The number of hydrogen-bond acceptors (Lipinski definition) is 5. The van der Waals surface area contributed by atoms with Crippen molar-refractivity contribution in [1.82, 2.24) is 4.90 Å². The van der Waals surface area contributed by atoms with E-state index in [0.29, 0.717) is 25.3 Å². The Morgan fingerprint density at radius 1 is 1.00 bits per heavy atom. The number of para-hydroxylation sites is 1. The highest BCUT2D eigenvalue weighted by Gasteiger charge is 2.39. The van der Waals surface area contributed by atoms with Crippen LogP contribution in [0, 0.1) is 11.8 Å². The molecule has 0 radical (unpaired) electrons. The fourth-order valence-electron chi connectivity index (χ4n) is 5.28.